The molecule has 31 heavy (non-hydrogen) atoms. The largest absolute Gasteiger partial charge is 0.375 e. The van der Waals surface area contributed by atoms with E-state index in [2.05, 4.69) is 17.5 Å². The zero-order valence-corrected chi connectivity index (χ0v) is 20.8. The van der Waals surface area contributed by atoms with Gasteiger partial charge in [-0.25, -0.2) is 0 Å². The van der Waals surface area contributed by atoms with Crippen LogP contribution in [0.25, 0.3) is 0 Å². The Kier molecular flexibility index (Phi) is 13.8. The second kappa shape index (κ2) is 14.2. The Hall–Kier alpha value is -0.955. The number of unbranched alkanes of at least 4 members (excludes halogenated alkanes) is 2. The normalized spacial score (nSPS) is 15.4. The predicted octanol–water partition coefficient (Wildman–Crippen LogP) is 2.49. The first kappa shape index (κ1) is 30.0. The van der Waals surface area contributed by atoms with Crippen LogP contribution in [0.2, 0.25) is 0 Å². The molecule has 8 heteroatoms. The molecular formula is C23H47BN4O3. The van der Waals surface area contributed by atoms with Gasteiger partial charge in [-0.1, -0.05) is 19.8 Å². The maximum absolute atomic E-state index is 13.1. The molecule has 0 saturated carbocycles. The van der Waals surface area contributed by atoms with Crippen molar-refractivity contribution in [2.24, 2.45) is 11.5 Å². The molecule has 1 amide bonds. The van der Waals surface area contributed by atoms with Crippen molar-refractivity contribution >= 4 is 19.7 Å². The van der Waals surface area contributed by atoms with Crippen LogP contribution in [0.15, 0.2) is 0 Å². The number of carbonyl (C=O) groups is 2. The van der Waals surface area contributed by atoms with Crippen LogP contribution in [0.1, 0.15) is 99.3 Å². The summed E-state index contributed by atoms with van der Waals surface area (Å²) in [7, 11) is 5.32. The van der Waals surface area contributed by atoms with Crippen molar-refractivity contribution in [1.82, 2.24) is 10.5 Å². The molecule has 0 aromatic rings. The lowest BCUT2D eigenvalue weighted by molar-refractivity contribution is -0.131. The number of hydrogen-bond acceptors (Lipinski definition) is 6. The Balaban J connectivity index is 4.85. The molecule has 0 aliphatic heterocycles. The van der Waals surface area contributed by atoms with Gasteiger partial charge in [0.25, 0.3) is 0 Å². The molecule has 7 nitrogen and oxygen atoms in total. The Morgan fingerprint density at radius 3 is 2.19 bits per heavy atom. The van der Waals surface area contributed by atoms with E-state index >= 15 is 0 Å². The number of ketones is 1. The predicted molar refractivity (Wildman–Crippen MR) is 129 cm³/mol. The van der Waals surface area contributed by atoms with Gasteiger partial charge in [0.1, 0.15) is 0 Å². The molecule has 0 aliphatic rings. The Bertz CT molecular complexity index is 533. The first-order chi connectivity index (χ1) is 14.2. The number of nitrogens with two attached hydrogens (primary N) is 2. The molecule has 0 saturated heterocycles. The summed E-state index contributed by atoms with van der Waals surface area (Å²) < 4.78 is 5.93. The molecular weight excluding hydrogens is 391 g/mol. The SMILES string of the molecule is [B]NCCCCC(NC(=O)CCC(C)(C)OCCC(C)(C)N)C(=O)C(C)(N)CCCC. The highest BCUT2D eigenvalue weighted by Gasteiger charge is 2.34. The first-order valence-electron chi connectivity index (χ1n) is 11.7. The van der Waals surface area contributed by atoms with Gasteiger partial charge < -0.3 is 26.7 Å². The third kappa shape index (κ3) is 14.7. The molecule has 2 radical (unpaired) electrons. The molecule has 0 fully saturated rings. The molecule has 0 aromatic heterocycles. The van der Waals surface area contributed by atoms with Gasteiger partial charge in [-0.15, -0.1) is 0 Å². The van der Waals surface area contributed by atoms with Crippen molar-refractivity contribution in [3.63, 3.8) is 0 Å². The highest BCUT2D eigenvalue weighted by molar-refractivity contribution is 6.04. The van der Waals surface area contributed by atoms with Crippen LogP contribution >= 0.6 is 0 Å². The number of Topliss-reactive ketones (excluding diaryl/α,β-unsaturated/α-hetero) is 1. The summed E-state index contributed by atoms with van der Waals surface area (Å²) in [5, 5.41) is 5.55. The number of nitrogens with one attached hydrogen (secondary N) is 2. The Labute approximate surface area is 191 Å². The molecule has 0 aromatic carbocycles. The van der Waals surface area contributed by atoms with E-state index in [4.69, 9.17) is 24.2 Å². The quantitative estimate of drug-likeness (QED) is 0.193. The van der Waals surface area contributed by atoms with E-state index in [1.54, 1.807) is 6.92 Å². The number of carbonyl (C=O) groups excluding carboxylic acids is 2. The number of rotatable bonds is 18. The van der Waals surface area contributed by atoms with Crippen molar-refractivity contribution in [3.8, 4) is 0 Å². The molecule has 2 unspecified atom stereocenters. The highest BCUT2D eigenvalue weighted by atomic mass is 16.5. The molecule has 0 spiro atoms. The van der Waals surface area contributed by atoms with Crippen LogP contribution in [0.5, 0.6) is 0 Å². The van der Waals surface area contributed by atoms with Gasteiger partial charge in [-0.2, -0.15) is 0 Å². The Morgan fingerprint density at radius 1 is 1.00 bits per heavy atom. The third-order valence-electron chi connectivity index (χ3n) is 5.52. The molecule has 2 atom stereocenters. The lowest BCUT2D eigenvalue weighted by Crippen LogP contribution is -2.55. The van der Waals surface area contributed by atoms with E-state index in [0.717, 1.165) is 32.1 Å². The van der Waals surface area contributed by atoms with Crippen molar-refractivity contribution in [2.45, 2.75) is 122 Å². The van der Waals surface area contributed by atoms with Gasteiger partial charge in [0, 0.05) is 18.6 Å². The molecule has 0 aliphatic carbocycles. The number of ether oxygens (including phenoxy) is 1. The fourth-order valence-electron chi connectivity index (χ4n) is 3.25. The number of hydrogen-bond donors (Lipinski definition) is 4. The van der Waals surface area contributed by atoms with Crippen LogP contribution in [0.3, 0.4) is 0 Å². The average Bonchev–Trinajstić information content (AvgIpc) is 2.65. The van der Waals surface area contributed by atoms with E-state index in [0.29, 0.717) is 32.4 Å². The second-order valence-corrected chi connectivity index (χ2v) is 10.3. The molecule has 0 bridgehead atoms. The molecule has 180 valence electrons. The Morgan fingerprint density at radius 2 is 1.65 bits per heavy atom. The summed E-state index contributed by atoms with van der Waals surface area (Å²) in [6, 6.07) is -0.584. The summed E-state index contributed by atoms with van der Waals surface area (Å²) in [4.78, 5) is 25.7. The standard InChI is InChI=1S/C23H47BN4O3/c1-7-8-13-23(6,26)20(30)18(11-9-10-16-27-24)28-19(29)12-14-22(4,5)31-17-15-21(2,3)25/h18,27H,7-17,25-26H2,1-6H3,(H,28,29). The molecule has 0 rings (SSSR count). The van der Waals surface area contributed by atoms with Crippen molar-refractivity contribution in [3.05, 3.63) is 0 Å². The van der Waals surface area contributed by atoms with Crippen LogP contribution in [0.4, 0.5) is 0 Å². The van der Waals surface area contributed by atoms with Gasteiger partial charge in [0.2, 0.25) is 5.91 Å². The zero-order chi connectivity index (χ0) is 24.1. The van der Waals surface area contributed by atoms with E-state index in [9.17, 15) is 9.59 Å². The van der Waals surface area contributed by atoms with Crippen LogP contribution < -0.4 is 22.0 Å². The maximum atomic E-state index is 13.1. The maximum Gasteiger partial charge on any atom is 0.220 e. The highest BCUT2D eigenvalue weighted by Crippen LogP contribution is 2.20. The van der Waals surface area contributed by atoms with Crippen LogP contribution in [-0.2, 0) is 14.3 Å². The fourth-order valence-corrected chi connectivity index (χ4v) is 3.25. The van der Waals surface area contributed by atoms with Crippen molar-refractivity contribution in [2.75, 3.05) is 13.2 Å². The van der Waals surface area contributed by atoms with E-state index < -0.39 is 17.2 Å². The summed E-state index contributed by atoms with van der Waals surface area (Å²) in [6.45, 7) is 12.9. The smallest absolute Gasteiger partial charge is 0.220 e. The summed E-state index contributed by atoms with van der Waals surface area (Å²) >= 11 is 0. The minimum absolute atomic E-state index is 0.101. The van der Waals surface area contributed by atoms with Gasteiger partial charge >= 0.3 is 0 Å². The van der Waals surface area contributed by atoms with Crippen molar-refractivity contribution < 1.29 is 14.3 Å². The lowest BCUT2D eigenvalue weighted by atomic mass is 9.85. The first-order valence-corrected chi connectivity index (χ1v) is 11.7. The third-order valence-corrected chi connectivity index (χ3v) is 5.52. The second-order valence-electron chi connectivity index (χ2n) is 10.3. The van der Waals surface area contributed by atoms with E-state index in [1.165, 1.54) is 0 Å². The van der Waals surface area contributed by atoms with Crippen LogP contribution in [0, 0.1) is 0 Å². The fraction of sp³-hybridized carbons (Fsp3) is 0.913. The van der Waals surface area contributed by atoms with E-state index in [1.807, 2.05) is 27.7 Å². The van der Waals surface area contributed by atoms with Gasteiger partial charge in [0.05, 0.1) is 17.2 Å². The summed E-state index contributed by atoms with van der Waals surface area (Å²) in [5.41, 5.74) is 10.6. The zero-order valence-electron chi connectivity index (χ0n) is 20.8. The topological polar surface area (TPSA) is 119 Å². The minimum Gasteiger partial charge on any atom is -0.375 e. The van der Waals surface area contributed by atoms with Gasteiger partial charge in [-0.3, -0.25) is 9.59 Å². The molecule has 0 heterocycles. The summed E-state index contributed by atoms with van der Waals surface area (Å²) in [5.74, 6) is -0.256. The number of amides is 1. The van der Waals surface area contributed by atoms with Gasteiger partial charge in [-0.05, 0) is 79.7 Å². The monoisotopic (exact) mass is 438 g/mol. The van der Waals surface area contributed by atoms with E-state index in [-0.39, 0.29) is 23.7 Å². The minimum atomic E-state index is -0.947. The van der Waals surface area contributed by atoms with Gasteiger partial charge in [0.15, 0.2) is 13.8 Å². The van der Waals surface area contributed by atoms with Crippen molar-refractivity contribution in [1.29, 1.82) is 0 Å². The lowest BCUT2D eigenvalue weighted by Gasteiger charge is -2.30. The van der Waals surface area contributed by atoms with Crippen LogP contribution in [-0.4, -0.2) is 55.5 Å². The average molecular weight is 438 g/mol. The summed E-state index contributed by atoms with van der Waals surface area (Å²) in [6.07, 6.45) is 6.18. The molecule has 6 N–H and O–H groups in total.